The van der Waals surface area contributed by atoms with E-state index in [2.05, 4.69) is 0 Å². The molecule has 0 aliphatic carbocycles. The Balaban J connectivity index is 2.88. The van der Waals surface area contributed by atoms with Gasteiger partial charge in [0.15, 0.2) is 0 Å². The monoisotopic (exact) mass is 204 g/mol. The summed E-state index contributed by atoms with van der Waals surface area (Å²) in [5.41, 5.74) is 0.570. The third-order valence-corrected chi connectivity index (χ3v) is 2.41. The third-order valence-electron chi connectivity index (χ3n) is 1.33. The maximum atomic E-state index is 10.6. The first-order valence-electron chi connectivity index (χ1n) is 3.23. The van der Waals surface area contributed by atoms with Gasteiger partial charge < -0.3 is 4.55 Å². The molecule has 3 nitrogen and oxygen atoms in total. The Morgan fingerprint density at radius 2 is 2.00 bits per heavy atom. The zero-order valence-corrected chi connectivity index (χ0v) is 7.72. The second-order valence-corrected chi connectivity index (χ2v) is 3.16. The largest absolute Gasteiger partial charge is 0.755 e. The Labute approximate surface area is 78.4 Å². The molecule has 1 aromatic rings. The average Bonchev–Trinajstić information content (AvgIpc) is 2.07. The van der Waals surface area contributed by atoms with Gasteiger partial charge >= 0.3 is 0 Å². The molecule has 1 aromatic carbocycles. The van der Waals surface area contributed by atoms with Gasteiger partial charge in [-0.25, -0.2) is 0 Å². The van der Waals surface area contributed by atoms with Crippen LogP contribution in [0.15, 0.2) is 30.3 Å². The van der Waals surface area contributed by atoms with Gasteiger partial charge in [-0.2, -0.15) is 0 Å². The summed E-state index contributed by atoms with van der Waals surface area (Å²) >= 11 is 3.13. The molecule has 0 bridgehead atoms. The number of halogens is 1. The van der Waals surface area contributed by atoms with Crippen molar-refractivity contribution in [1.29, 1.82) is 0 Å². The van der Waals surface area contributed by atoms with Gasteiger partial charge in [0.05, 0.1) is 0 Å². The fraction of sp³-hybridized carbons (Fsp3) is 0.143. The third kappa shape index (κ3) is 2.20. The summed E-state index contributed by atoms with van der Waals surface area (Å²) in [4.78, 5) is 0. The molecule has 0 amide bonds. The van der Waals surface area contributed by atoms with Gasteiger partial charge in [0.2, 0.25) is 0 Å². The molecule has 0 radical (unpaired) electrons. The second-order valence-electron chi connectivity index (χ2n) is 2.05. The lowest BCUT2D eigenvalue weighted by Gasteiger charge is -2.23. The van der Waals surface area contributed by atoms with Crippen LogP contribution in [0.4, 0.5) is 5.69 Å². The van der Waals surface area contributed by atoms with Crippen molar-refractivity contribution in [3.8, 4) is 0 Å². The van der Waals surface area contributed by atoms with E-state index in [9.17, 15) is 8.76 Å². The van der Waals surface area contributed by atoms with Crippen molar-refractivity contribution in [3.05, 3.63) is 30.3 Å². The number of alkyl halides is 1. The van der Waals surface area contributed by atoms with E-state index in [4.69, 9.17) is 11.6 Å². The number of anilines is 1. The summed E-state index contributed by atoms with van der Waals surface area (Å²) in [6.07, 6.45) is 0. The van der Waals surface area contributed by atoms with Crippen LogP contribution in [0.2, 0.25) is 0 Å². The van der Waals surface area contributed by atoms with Crippen molar-refractivity contribution in [1.82, 2.24) is 0 Å². The summed E-state index contributed by atoms with van der Waals surface area (Å²) < 4.78 is 22.2. The van der Waals surface area contributed by atoms with E-state index >= 15 is 0 Å². The van der Waals surface area contributed by atoms with Crippen LogP contribution < -0.4 is 4.31 Å². The highest BCUT2D eigenvalue weighted by Gasteiger charge is 2.02. The van der Waals surface area contributed by atoms with Crippen molar-refractivity contribution >= 4 is 28.6 Å². The summed E-state index contributed by atoms with van der Waals surface area (Å²) in [6, 6.07) is 8.60. The number of hydrogen-bond acceptors (Lipinski definition) is 2. The summed E-state index contributed by atoms with van der Waals surface area (Å²) in [6.45, 7) is 0. The highest BCUT2D eigenvalue weighted by Crippen LogP contribution is 2.14. The van der Waals surface area contributed by atoms with Crippen LogP contribution in [0, 0.1) is 0 Å². The molecular weight excluding hydrogens is 198 g/mol. The molecule has 5 heteroatoms. The highest BCUT2D eigenvalue weighted by molar-refractivity contribution is 7.80. The van der Waals surface area contributed by atoms with Crippen LogP contribution in [-0.4, -0.2) is 14.8 Å². The van der Waals surface area contributed by atoms with E-state index in [-0.39, 0.29) is 6.00 Å². The molecular formula is C7H7ClNO2S-. The fourth-order valence-electron chi connectivity index (χ4n) is 0.789. The number of hydrogen-bond donors (Lipinski definition) is 0. The number of nitrogens with zero attached hydrogens (tertiary/aromatic N) is 1. The lowest BCUT2D eigenvalue weighted by atomic mass is 10.3. The van der Waals surface area contributed by atoms with Gasteiger partial charge in [0.25, 0.3) is 0 Å². The minimum absolute atomic E-state index is 0.0693. The molecule has 0 aliphatic heterocycles. The Bertz CT molecular complexity index is 267. The Hall–Kier alpha value is -0.580. The molecule has 0 fully saturated rings. The van der Waals surface area contributed by atoms with E-state index in [1.807, 2.05) is 6.07 Å². The first-order chi connectivity index (χ1) is 5.75. The lowest BCUT2D eigenvalue weighted by Crippen LogP contribution is -2.23. The molecule has 0 aromatic heterocycles. The van der Waals surface area contributed by atoms with E-state index in [0.717, 1.165) is 4.31 Å². The first kappa shape index (κ1) is 9.51. The second kappa shape index (κ2) is 4.45. The Morgan fingerprint density at radius 3 is 2.42 bits per heavy atom. The van der Waals surface area contributed by atoms with E-state index < -0.39 is 11.3 Å². The standard InChI is InChI=1S/C7H8ClNO2S/c8-6-9(12(10)11)7-4-2-1-3-5-7/h1-5H,6H2,(H,10,11)/p-1. The zero-order valence-electron chi connectivity index (χ0n) is 6.14. The summed E-state index contributed by atoms with van der Waals surface area (Å²) in [5, 5.41) is 0. The number of rotatable bonds is 3. The molecule has 0 saturated carbocycles. The zero-order chi connectivity index (χ0) is 8.97. The molecule has 0 saturated heterocycles. The predicted octanol–water partition coefficient (Wildman–Crippen LogP) is 1.48. The molecule has 1 unspecified atom stereocenters. The molecule has 66 valence electrons. The normalized spacial score (nSPS) is 12.5. The SMILES string of the molecule is O=S([O-])N(CCl)c1ccccc1. The first-order valence-corrected chi connectivity index (χ1v) is 4.80. The van der Waals surface area contributed by atoms with Crippen molar-refractivity contribution in [2.75, 3.05) is 10.3 Å². The lowest BCUT2D eigenvalue weighted by molar-refractivity contribution is 0.534. The quantitative estimate of drug-likeness (QED) is 0.425. The van der Waals surface area contributed by atoms with Gasteiger partial charge in [-0.05, 0) is 12.1 Å². The summed E-state index contributed by atoms with van der Waals surface area (Å²) in [7, 11) is 0. The highest BCUT2D eigenvalue weighted by atomic mass is 35.5. The molecule has 0 spiro atoms. The van der Waals surface area contributed by atoms with E-state index in [1.54, 1.807) is 24.3 Å². The van der Waals surface area contributed by atoms with E-state index in [0.29, 0.717) is 5.69 Å². The minimum atomic E-state index is -2.30. The van der Waals surface area contributed by atoms with Gasteiger partial charge in [0, 0.05) is 17.0 Å². The van der Waals surface area contributed by atoms with Crippen LogP contribution in [0.5, 0.6) is 0 Å². The van der Waals surface area contributed by atoms with E-state index in [1.165, 1.54) is 0 Å². The molecule has 12 heavy (non-hydrogen) atoms. The predicted molar refractivity (Wildman–Crippen MR) is 48.6 cm³/mol. The van der Waals surface area contributed by atoms with Crippen LogP contribution in [0.25, 0.3) is 0 Å². The Kier molecular flexibility index (Phi) is 3.52. The number of para-hydroxylation sites is 1. The van der Waals surface area contributed by atoms with Gasteiger partial charge in [-0.15, -0.1) is 11.6 Å². The van der Waals surface area contributed by atoms with Crippen LogP contribution in [0.1, 0.15) is 0 Å². The van der Waals surface area contributed by atoms with Crippen LogP contribution >= 0.6 is 11.6 Å². The maximum absolute atomic E-state index is 10.6. The minimum Gasteiger partial charge on any atom is -0.755 e. The molecule has 0 heterocycles. The van der Waals surface area contributed by atoms with Crippen molar-refractivity contribution in [3.63, 3.8) is 0 Å². The van der Waals surface area contributed by atoms with Gasteiger partial charge in [-0.3, -0.25) is 8.51 Å². The Morgan fingerprint density at radius 1 is 1.42 bits per heavy atom. The molecule has 0 aliphatic rings. The average molecular weight is 205 g/mol. The smallest absolute Gasteiger partial charge is 0.105 e. The van der Waals surface area contributed by atoms with Crippen LogP contribution in [0.3, 0.4) is 0 Å². The maximum Gasteiger partial charge on any atom is 0.105 e. The van der Waals surface area contributed by atoms with Crippen molar-refractivity contribution in [2.45, 2.75) is 0 Å². The summed E-state index contributed by atoms with van der Waals surface area (Å²) in [5.74, 6) is 0. The van der Waals surface area contributed by atoms with Crippen molar-refractivity contribution in [2.24, 2.45) is 0 Å². The van der Waals surface area contributed by atoms with Crippen LogP contribution in [-0.2, 0) is 11.3 Å². The molecule has 1 atom stereocenters. The topological polar surface area (TPSA) is 43.4 Å². The number of benzene rings is 1. The molecule has 1 rings (SSSR count). The van der Waals surface area contributed by atoms with Gasteiger partial charge in [-0.1, -0.05) is 18.2 Å². The molecule has 0 N–H and O–H groups in total. The fourth-order valence-corrected chi connectivity index (χ4v) is 1.54. The van der Waals surface area contributed by atoms with Crippen molar-refractivity contribution < 1.29 is 8.76 Å². The van der Waals surface area contributed by atoms with Gasteiger partial charge in [0.1, 0.15) is 6.00 Å².